The lowest BCUT2D eigenvalue weighted by molar-refractivity contribution is -0.177. The Morgan fingerprint density at radius 3 is 2.41 bits per heavy atom. The molecule has 0 saturated carbocycles. The lowest BCUT2D eigenvalue weighted by atomic mass is 9.86. The first-order chi connectivity index (χ1) is 7.65. The highest BCUT2D eigenvalue weighted by molar-refractivity contribution is 5.90. The van der Waals surface area contributed by atoms with E-state index in [0.29, 0.717) is 6.42 Å². The third-order valence-corrected chi connectivity index (χ3v) is 2.34. The summed E-state index contributed by atoms with van der Waals surface area (Å²) >= 11 is 0. The van der Waals surface area contributed by atoms with Gasteiger partial charge in [-0.3, -0.25) is 0 Å². The smallest absolute Gasteiger partial charge is 0.408 e. The minimum atomic E-state index is -0.892. The molecule has 0 aromatic heterocycles. The van der Waals surface area contributed by atoms with E-state index in [0.717, 1.165) is 0 Å². The molecule has 0 bridgehead atoms. The maximum atomic E-state index is 11.7. The van der Waals surface area contributed by atoms with E-state index in [-0.39, 0.29) is 18.5 Å². The third-order valence-electron chi connectivity index (χ3n) is 2.34. The molecule has 0 radical (unpaired) electrons. The van der Waals surface area contributed by atoms with Crippen LogP contribution in [0.15, 0.2) is 0 Å². The van der Waals surface area contributed by atoms with Crippen LogP contribution in [0, 0.1) is 5.92 Å². The fourth-order valence-corrected chi connectivity index (χ4v) is 1.78. The normalized spacial score (nSPS) is 24.0. The first-order valence-electron chi connectivity index (χ1n) is 5.83. The molecule has 1 saturated heterocycles. The van der Waals surface area contributed by atoms with E-state index < -0.39 is 17.2 Å². The van der Waals surface area contributed by atoms with Crippen LogP contribution >= 0.6 is 0 Å². The highest BCUT2D eigenvalue weighted by Crippen LogP contribution is 2.27. The number of hydrogen-bond donors (Lipinski definition) is 1. The van der Waals surface area contributed by atoms with Gasteiger partial charge in [-0.25, -0.2) is 9.59 Å². The number of esters is 1. The van der Waals surface area contributed by atoms with Gasteiger partial charge in [-0.1, -0.05) is 13.8 Å². The molecule has 1 atom stereocenters. The summed E-state index contributed by atoms with van der Waals surface area (Å²) in [4.78, 5) is 23.1. The summed E-state index contributed by atoms with van der Waals surface area (Å²) in [7, 11) is 0. The van der Waals surface area contributed by atoms with Crippen molar-refractivity contribution in [3.63, 3.8) is 0 Å². The average Bonchev–Trinajstić information content (AvgIpc) is 2.10. The second-order valence-electron chi connectivity index (χ2n) is 5.88. The molecular formula is C12H21NO4. The van der Waals surface area contributed by atoms with Crippen molar-refractivity contribution in [3.05, 3.63) is 0 Å². The molecule has 0 aliphatic carbocycles. The zero-order chi connectivity index (χ0) is 13.3. The first-order valence-corrected chi connectivity index (χ1v) is 5.83. The number of alkyl carbamates (subject to hydrolysis) is 1. The first kappa shape index (κ1) is 13.8. The Kier molecular flexibility index (Phi) is 3.69. The summed E-state index contributed by atoms with van der Waals surface area (Å²) in [5, 5.41) is 2.63. The molecule has 1 N–H and O–H groups in total. The Morgan fingerprint density at radius 2 is 2.12 bits per heavy atom. The number of carbonyl (C=O) groups excluding carboxylic acids is 2. The zero-order valence-corrected chi connectivity index (χ0v) is 11.1. The molecular weight excluding hydrogens is 222 g/mol. The Bertz CT molecular complexity index is 319. The molecule has 17 heavy (non-hydrogen) atoms. The molecule has 0 unspecified atom stereocenters. The van der Waals surface area contributed by atoms with Gasteiger partial charge in [0.25, 0.3) is 0 Å². The number of rotatable bonds is 3. The van der Waals surface area contributed by atoms with E-state index in [9.17, 15) is 9.59 Å². The Labute approximate surface area is 102 Å². The van der Waals surface area contributed by atoms with E-state index in [1.165, 1.54) is 0 Å². The molecule has 5 heteroatoms. The summed E-state index contributed by atoms with van der Waals surface area (Å²) in [5.74, 6) is -0.0881. The van der Waals surface area contributed by atoms with Crippen molar-refractivity contribution in [2.75, 3.05) is 6.61 Å². The number of amides is 1. The van der Waals surface area contributed by atoms with Crippen LogP contribution in [0.4, 0.5) is 4.79 Å². The molecule has 1 rings (SSSR count). The maximum Gasteiger partial charge on any atom is 0.408 e. The highest BCUT2D eigenvalue weighted by Gasteiger charge is 2.51. The predicted octanol–water partition coefficient (Wildman–Crippen LogP) is 1.85. The molecule has 1 aliphatic heterocycles. The monoisotopic (exact) mass is 243 g/mol. The summed E-state index contributed by atoms with van der Waals surface area (Å²) in [6.07, 6.45) is -0.0137. The lowest BCUT2D eigenvalue weighted by Gasteiger charge is -2.40. The van der Waals surface area contributed by atoms with Crippen molar-refractivity contribution in [3.8, 4) is 0 Å². The second kappa shape index (κ2) is 4.55. The van der Waals surface area contributed by atoms with Gasteiger partial charge in [0, 0.05) is 0 Å². The number of cyclic esters (lactones) is 1. The van der Waals surface area contributed by atoms with Crippen LogP contribution in [0.5, 0.6) is 0 Å². The van der Waals surface area contributed by atoms with Crippen molar-refractivity contribution >= 4 is 12.1 Å². The van der Waals surface area contributed by atoms with Gasteiger partial charge in [-0.05, 0) is 33.1 Å². The third kappa shape index (κ3) is 3.61. The van der Waals surface area contributed by atoms with E-state index in [2.05, 4.69) is 5.32 Å². The van der Waals surface area contributed by atoms with Gasteiger partial charge in [0.15, 0.2) is 5.54 Å². The molecule has 0 aromatic rings. The van der Waals surface area contributed by atoms with Crippen molar-refractivity contribution in [1.29, 1.82) is 0 Å². The minimum Gasteiger partial charge on any atom is -0.461 e. The van der Waals surface area contributed by atoms with Crippen LogP contribution in [0.1, 0.15) is 41.0 Å². The molecule has 0 aromatic carbocycles. The molecule has 0 spiro atoms. The summed E-state index contributed by atoms with van der Waals surface area (Å²) in [6.45, 7) is 9.54. The molecule has 98 valence electrons. The van der Waals surface area contributed by atoms with E-state index >= 15 is 0 Å². The van der Waals surface area contributed by atoms with Crippen LogP contribution in [0.3, 0.4) is 0 Å². The Morgan fingerprint density at radius 1 is 1.53 bits per heavy atom. The summed E-state index contributed by atoms with van der Waals surface area (Å²) in [5.41, 5.74) is -1.47. The fourth-order valence-electron chi connectivity index (χ4n) is 1.78. The highest BCUT2D eigenvalue weighted by atomic mass is 16.6. The second-order valence-corrected chi connectivity index (χ2v) is 5.88. The fraction of sp³-hybridized carbons (Fsp3) is 0.833. The SMILES string of the molecule is CC(C)C[C@]1(NC(=O)OC(C)(C)C)COC1=O. The maximum absolute atomic E-state index is 11.7. The minimum absolute atomic E-state index is 0.225. The Hall–Kier alpha value is -1.26. The number of nitrogens with one attached hydrogen (secondary N) is 1. The average molecular weight is 243 g/mol. The van der Waals surface area contributed by atoms with E-state index in [1.807, 2.05) is 13.8 Å². The van der Waals surface area contributed by atoms with Gasteiger partial charge in [-0.2, -0.15) is 0 Å². The summed E-state index contributed by atoms with van der Waals surface area (Å²) < 4.78 is 9.91. The quantitative estimate of drug-likeness (QED) is 0.768. The van der Waals surface area contributed by atoms with Crippen LogP contribution < -0.4 is 5.32 Å². The van der Waals surface area contributed by atoms with Crippen molar-refractivity contribution in [2.24, 2.45) is 5.92 Å². The van der Waals surface area contributed by atoms with Crippen LogP contribution in [0.2, 0.25) is 0 Å². The molecule has 5 nitrogen and oxygen atoms in total. The van der Waals surface area contributed by atoms with Crippen molar-refractivity contribution in [2.45, 2.75) is 52.2 Å². The van der Waals surface area contributed by atoms with Crippen LogP contribution in [-0.2, 0) is 14.3 Å². The van der Waals surface area contributed by atoms with Crippen molar-refractivity contribution < 1.29 is 19.1 Å². The van der Waals surface area contributed by atoms with E-state index in [1.54, 1.807) is 20.8 Å². The predicted molar refractivity (Wildman–Crippen MR) is 62.5 cm³/mol. The lowest BCUT2D eigenvalue weighted by Crippen LogP contribution is -2.66. The molecule has 1 aliphatic rings. The number of hydrogen-bond acceptors (Lipinski definition) is 4. The van der Waals surface area contributed by atoms with Gasteiger partial charge in [-0.15, -0.1) is 0 Å². The molecule has 1 heterocycles. The standard InChI is InChI=1S/C12H21NO4/c1-8(2)6-12(7-16-9(12)14)13-10(15)17-11(3,4)5/h8H,6-7H2,1-5H3,(H,13,15)/t12-/m0/s1. The van der Waals surface area contributed by atoms with Gasteiger partial charge in [0.1, 0.15) is 12.2 Å². The number of ether oxygens (including phenoxy) is 2. The van der Waals surface area contributed by atoms with Crippen LogP contribution in [0.25, 0.3) is 0 Å². The molecule has 1 fully saturated rings. The largest absolute Gasteiger partial charge is 0.461 e. The van der Waals surface area contributed by atoms with Gasteiger partial charge >= 0.3 is 12.1 Å². The summed E-state index contributed by atoms with van der Waals surface area (Å²) in [6, 6.07) is 0. The molecule has 1 amide bonds. The topological polar surface area (TPSA) is 64.6 Å². The van der Waals surface area contributed by atoms with Gasteiger partial charge in [0.05, 0.1) is 0 Å². The number of carbonyl (C=O) groups is 2. The van der Waals surface area contributed by atoms with Gasteiger partial charge < -0.3 is 14.8 Å². The van der Waals surface area contributed by atoms with E-state index in [4.69, 9.17) is 9.47 Å². The van der Waals surface area contributed by atoms with Gasteiger partial charge in [0.2, 0.25) is 0 Å². The Balaban J connectivity index is 2.62. The van der Waals surface area contributed by atoms with Crippen LogP contribution in [-0.4, -0.2) is 29.8 Å². The zero-order valence-electron chi connectivity index (χ0n) is 11.1. The van der Waals surface area contributed by atoms with Crippen molar-refractivity contribution in [1.82, 2.24) is 5.32 Å².